The molecule has 4 rings (SSSR count). The molecule has 2 aromatic heterocycles. The number of hydrazone groups is 1. The van der Waals surface area contributed by atoms with Crippen molar-refractivity contribution in [3.05, 3.63) is 52.0 Å². The predicted octanol–water partition coefficient (Wildman–Crippen LogP) is 4.88. The summed E-state index contributed by atoms with van der Waals surface area (Å²) < 4.78 is 27.7. The minimum atomic E-state index is -3.48. The molecule has 0 bridgehead atoms. The highest BCUT2D eigenvalue weighted by atomic mass is 32.2. The highest BCUT2D eigenvalue weighted by Crippen LogP contribution is 2.28. The van der Waals surface area contributed by atoms with Crippen molar-refractivity contribution in [2.75, 3.05) is 18.5 Å². The van der Waals surface area contributed by atoms with Gasteiger partial charge in [0.2, 0.25) is 15.2 Å². The first-order valence-corrected chi connectivity index (χ1v) is 12.7. The van der Waals surface area contributed by atoms with Gasteiger partial charge < -0.3 is 0 Å². The third-order valence-electron chi connectivity index (χ3n) is 4.73. The lowest BCUT2D eigenvalue weighted by atomic mass is 10.2. The van der Waals surface area contributed by atoms with E-state index in [0.717, 1.165) is 41.8 Å². The summed E-state index contributed by atoms with van der Waals surface area (Å²) in [5.41, 5.74) is 4.45. The lowest BCUT2D eigenvalue weighted by Crippen LogP contribution is -2.31. The first-order valence-electron chi connectivity index (χ1n) is 9.52. The van der Waals surface area contributed by atoms with Crippen LogP contribution in [0.3, 0.4) is 0 Å². The number of nitrogens with zero attached hydrogens (tertiary/aromatic N) is 3. The molecule has 0 atom stereocenters. The van der Waals surface area contributed by atoms with Crippen molar-refractivity contribution in [2.24, 2.45) is 5.10 Å². The molecule has 3 heterocycles. The molecule has 0 aliphatic carbocycles. The second kappa shape index (κ2) is 9.17. The molecule has 9 heteroatoms. The van der Waals surface area contributed by atoms with Crippen LogP contribution in [0.25, 0.3) is 11.3 Å². The number of sulfonamides is 1. The fourth-order valence-corrected chi connectivity index (χ4v) is 6.04. The number of hydrogen-bond acceptors (Lipinski definition) is 7. The molecular weight excluding hydrogens is 424 g/mol. The van der Waals surface area contributed by atoms with Crippen molar-refractivity contribution < 1.29 is 8.42 Å². The maximum atomic E-state index is 13.1. The zero-order chi connectivity index (χ0) is 20.1. The van der Waals surface area contributed by atoms with E-state index in [0.29, 0.717) is 23.1 Å². The SMILES string of the molecule is O=S(=O)(c1cccc(-c2csc(NN=Cc3cccs3)n2)c1)N1CCCCCC1. The Morgan fingerprint density at radius 2 is 1.90 bits per heavy atom. The minimum Gasteiger partial charge on any atom is -0.253 e. The summed E-state index contributed by atoms with van der Waals surface area (Å²) in [5.74, 6) is 0. The fraction of sp³-hybridized carbons (Fsp3) is 0.300. The molecular formula is C20H22N4O2S3. The van der Waals surface area contributed by atoms with Gasteiger partial charge in [-0.3, -0.25) is 5.43 Å². The van der Waals surface area contributed by atoms with E-state index in [1.165, 1.54) is 11.3 Å². The molecule has 0 saturated carbocycles. The van der Waals surface area contributed by atoms with Gasteiger partial charge >= 0.3 is 0 Å². The van der Waals surface area contributed by atoms with E-state index in [1.54, 1.807) is 40.1 Å². The van der Waals surface area contributed by atoms with Crippen molar-refractivity contribution >= 4 is 44.0 Å². The molecule has 1 aliphatic heterocycles. The number of thiophene rings is 1. The van der Waals surface area contributed by atoms with Gasteiger partial charge in [0.05, 0.1) is 16.8 Å². The lowest BCUT2D eigenvalue weighted by Gasteiger charge is -2.20. The second-order valence-corrected chi connectivity index (χ2v) is 10.5. The van der Waals surface area contributed by atoms with Crippen LogP contribution in [0.15, 0.2) is 57.2 Å². The van der Waals surface area contributed by atoms with Crippen LogP contribution < -0.4 is 5.43 Å². The third kappa shape index (κ3) is 4.92. The standard InChI is InChI=1S/C20H22N4O2S3/c25-29(26,24-10-3-1-2-4-11-24)18-9-5-7-16(13-18)19-15-28-20(22-19)23-21-14-17-8-6-12-27-17/h5-9,12-15H,1-4,10-11H2,(H,22,23). The van der Waals surface area contributed by atoms with Gasteiger partial charge in [-0.15, -0.1) is 22.7 Å². The number of nitrogens with one attached hydrogen (secondary N) is 1. The Morgan fingerprint density at radius 1 is 1.07 bits per heavy atom. The van der Waals surface area contributed by atoms with Crippen LogP contribution in [0.1, 0.15) is 30.6 Å². The average molecular weight is 447 g/mol. The van der Waals surface area contributed by atoms with Crippen molar-refractivity contribution in [1.82, 2.24) is 9.29 Å². The molecule has 3 aromatic rings. The first-order chi connectivity index (χ1) is 14.1. The molecule has 1 N–H and O–H groups in total. The van der Waals surface area contributed by atoms with Crippen molar-refractivity contribution in [3.63, 3.8) is 0 Å². The van der Waals surface area contributed by atoms with Crippen molar-refractivity contribution in [2.45, 2.75) is 30.6 Å². The summed E-state index contributed by atoms with van der Waals surface area (Å²) in [7, 11) is -3.48. The van der Waals surface area contributed by atoms with Crippen LogP contribution in [-0.4, -0.2) is 37.0 Å². The zero-order valence-corrected chi connectivity index (χ0v) is 18.3. The van der Waals surface area contributed by atoms with Crippen LogP contribution in [-0.2, 0) is 10.0 Å². The van der Waals surface area contributed by atoms with Gasteiger partial charge in [0.1, 0.15) is 0 Å². The van der Waals surface area contributed by atoms with Gasteiger partial charge in [0.15, 0.2) is 0 Å². The number of aromatic nitrogens is 1. The van der Waals surface area contributed by atoms with Gasteiger partial charge in [-0.2, -0.15) is 9.41 Å². The van der Waals surface area contributed by atoms with E-state index in [-0.39, 0.29) is 0 Å². The number of anilines is 1. The number of hydrogen-bond donors (Lipinski definition) is 1. The van der Waals surface area contributed by atoms with E-state index in [2.05, 4.69) is 15.5 Å². The highest BCUT2D eigenvalue weighted by Gasteiger charge is 2.25. The number of benzene rings is 1. The van der Waals surface area contributed by atoms with E-state index >= 15 is 0 Å². The maximum absolute atomic E-state index is 13.1. The Balaban J connectivity index is 1.50. The molecule has 1 saturated heterocycles. The summed E-state index contributed by atoms with van der Waals surface area (Å²) in [6, 6.07) is 11.0. The van der Waals surface area contributed by atoms with E-state index < -0.39 is 10.0 Å². The summed E-state index contributed by atoms with van der Waals surface area (Å²) >= 11 is 3.04. The molecule has 1 fully saturated rings. The monoisotopic (exact) mass is 446 g/mol. The Bertz CT molecular complexity index is 1070. The lowest BCUT2D eigenvalue weighted by molar-refractivity contribution is 0.424. The molecule has 0 spiro atoms. The topological polar surface area (TPSA) is 74.7 Å². The summed E-state index contributed by atoms with van der Waals surface area (Å²) in [4.78, 5) is 5.92. The molecule has 1 aliphatic rings. The van der Waals surface area contributed by atoms with Crippen LogP contribution in [0.2, 0.25) is 0 Å². The first kappa shape index (κ1) is 20.2. The molecule has 0 radical (unpaired) electrons. The quantitative estimate of drug-likeness (QED) is 0.432. The molecule has 6 nitrogen and oxygen atoms in total. The van der Waals surface area contributed by atoms with Crippen LogP contribution in [0, 0.1) is 0 Å². The van der Waals surface area contributed by atoms with Gasteiger partial charge in [-0.1, -0.05) is 31.0 Å². The normalized spacial score (nSPS) is 16.1. The number of rotatable bonds is 6. The van der Waals surface area contributed by atoms with Crippen LogP contribution >= 0.6 is 22.7 Å². The Kier molecular flexibility index (Phi) is 6.39. The highest BCUT2D eigenvalue weighted by molar-refractivity contribution is 7.89. The molecule has 0 unspecified atom stereocenters. The largest absolute Gasteiger partial charge is 0.253 e. The third-order valence-corrected chi connectivity index (χ3v) is 8.18. The van der Waals surface area contributed by atoms with Crippen LogP contribution in [0.5, 0.6) is 0 Å². The maximum Gasteiger partial charge on any atom is 0.243 e. The van der Waals surface area contributed by atoms with Gasteiger partial charge in [0, 0.05) is 28.9 Å². The molecule has 0 amide bonds. The second-order valence-electron chi connectivity index (χ2n) is 6.77. The summed E-state index contributed by atoms with van der Waals surface area (Å²) in [5, 5.41) is 8.76. The van der Waals surface area contributed by atoms with Crippen LogP contribution in [0.4, 0.5) is 5.13 Å². The predicted molar refractivity (Wildman–Crippen MR) is 120 cm³/mol. The Labute approximate surface area is 179 Å². The average Bonchev–Trinajstić information content (AvgIpc) is 3.34. The summed E-state index contributed by atoms with van der Waals surface area (Å²) in [6.45, 7) is 1.19. The molecule has 29 heavy (non-hydrogen) atoms. The molecule has 152 valence electrons. The summed E-state index contributed by atoms with van der Waals surface area (Å²) in [6.07, 6.45) is 5.78. The van der Waals surface area contributed by atoms with E-state index in [1.807, 2.05) is 29.0 Å². The van der Waals surface area contributed by atoms with E-state index in [4.69, 9.17) is 0 Å². The van der Waals surface area contributed by atoms with Crippen molar-refractivity contribution in [1.29, 1.82) is 0 Å². The van der Waals surface area contributed by atoms with Crippen molar-refractivity contribution in [3.8, 4) is 11.3 Å². The minimum absolute atomic E-state index is 0.329. The van der Waals surface area contributed by atoms with Gasteiger partial charge in [0.25, 0.3) is 0 Å². The van der Waals surface area contributed by atoms with Gasteiger partial charge in [-0.05, 0) is 36.4 Å². The van der Waals surface area contributed by atoms with Gasteiger partial charge in [-0.25, -0.2) is 13.4 Å². The number of thiazole rings is 1. The van der Waals surface area contributed by atoms with E-state index in [9.17, 15) is 8.42 Å². The smallest absolute Gasteiger partial charge is 0.243 e. The zero-order valence-electron chi connectivity index (χ0n) is 15.8. The fourth-order valence-electron chi connectivity index (χ4n) is 3.22. The Morgan fingerprint density at radius 3 is 2.66 bits per heavy atom. The Hall–Kier alpha value is -2.07. The molecule has 1 aromatic carbocycles.